The number of hydrogen-bond donors (Lipinski definition) is 1. The second-order valence-electron chi connectivity index (χ2n) is 5.34. The van der Waals surface area contributed by atoms with E-state index in [-0.39, 0.29) is 6.04 Å². The van der Waals surface area contributed by atoms with Gasteiger partial charge in [-0.05, 0) is 37.8 Å². The van der Waals surface area contributed by atoms with E-state index in [1.54, 1.807) is 0 Å². The van der Waals surface area contributed by atoms with Crippen molar-refractivity contribution in [2.75, 3.05) is 11.4 Å². The average Bonchev–Trinajstić information content (AvgIpc) is 2.63. The van der Waals surface area contributed by atoms with Crippen molar-refractivity contribution in [3.05, 3.63) is 23.9 Å². The number of hydrogen-bond acceptors (Lipinski definition) is 3. The van der Waals surface area contributed by atoms with E-state index < -0.39 is 0 Å². The van der Waals surface area contributed by atoms with Crippen LogP contribution in [0.4, 0.5) is 5.82 Å². The van der Waals surface area contributed by atoms with Gasteiger partial charge < -0.3 is 10.6 Å². The van der Waals surface area contributed by atoms with E-state index in [4.69, 9.17) is 5.73 Å². The zero-order chi connectivity index (χ0) is 13.0. The molecule has 0 spiro atoms. The molecule has 100 valence electrons. The molecule has 0 saturated carbocycles. The summed E-state index contributed by atoms with van der Waals surface area (Å²) in [5, 5.41) is 0. The van der Waals surface area contributed by atoms with Gasteiger partial charge in [0.05, 0.1) is 0 Å². The molecular weight excluding hydrogens is 222 g/mol. The number of pyridine rings is 1. The first-order valence-corrected chi connectivity index (χ1v) is 7.20. The lowest BCUT2D eigenvalue weighted by atomic mass is 10.1. The van der Waals surface area contributed by atoms with Gasteiger partial charge in [0.1, 0.15) is 5.82 Å². The van der Waals surface area contributed by atoms with E-state index >= 15 is 0 Å². The minimum atomic E-state index is 0.0673. The highest BCUT2D eigenvalue weighted by atomic mass is 15.2. The number of anilines is 1. The van der Waals surface area contributed by atoms with E-state index in [1.807, 2.05) is 13.1 Å². The summed E-state index contributed by atoms with van der Waals surface area (Å²) in [7, 11) is 0. The monoisotopic (exact) mass is 247 g/mol. The van der Waals surface area contributed by atoms with Crippen molar-refractivity contribution in [3.8, 4) is 0 Å². The van der Waals surface area contributed by atoms with Crippen molar-refractivity contribution in [1.29, 1.82) is 0 Å². The molecule has 1 aliphatic heterocycles. The third kappa shape index (κ3) is 3.02. The molecule has 2 atom stereocenters. The smallest absolute Gasteiger partial charge is 0.128 e. The first-order valence-electron chi connectivity index (χ1n) is 7.20. The van der Waals surface area contributed by atoms with E-state index in [0.717, 1.165) is 17.9 Å². The van der Waals surface area contributed by atoms with E-state index in [1.165, 1.54) is 32.1 Å². The van der Waals surface area contributed by atoms with Crippen molar-refractivity contribution >= 4 is 5.82 Å². The van der Waals surface area contributed by atoms with Gasteiger partial charge in [-0.15, -0.1) is 0 Å². The van der Waals surface area contributed by atoms with Gasteiger partial charge >= 0.3 is 0 Å². The lowest BCUT2D eigenvalue weighted by Crippen LogP contribution is -2.35. The molecule has 1 aromatic rings. The molecule has 0 bridgehead atoms. The Hall–Kier alpha value is -1.09. The minimum Gasteiger partial charge on any atom is -0.354 e. The summed E-state index contributed by atoms with van der Waals surface area (Å²) in [6.45, 7) is 5.42. The molecule has 1 fully saturated rings. The SMILES string of the molecule is CCC1CCCCCN1c1ccc([C@@H](C)N)cn1. The van der Waals surface area contributed by atoms with Gasteiger partial charge in [0.25, 0.3) is 0 Å². The van der Waals surface area contributed by atoms with E-state index in [2.05, 4.69) is 28.9 Å². The first-order chi connectivity index (χ1) is 8.72. The Kier molecular flexibility index (Phi) is 4.59. The Bertz CT molecular complexity index is 359. The fraction of sp³-hybridized carbons (Fsp3) is 0.667. The van der Waals surface area contributed by atoms with Crippen LogP contribution in [0, 0.1) is 0 Å². The second-order valence-corrected chi connectivity index (χ2v) is 5.34. The van der Waals surface area contributed by atoms with Crippen LogP contribution in [-0.4, -0.2) is 17.6 Å². The highest BCUT2D eigenvalue weighted by Gasteiger charge is 2.20. The van der Waals surface area contributed by atoms with Crippen molar-refractivity contribution < 1.29 is 0 Å². The molecule has 1 aliphatic rings. The van der Waals surface area contributed by atoms with Crippen LogP contribution in [0.25, 0.3) is 0 Å². The maximum atomic E-state index is 5.87. The zero-order valence-corrected chi connectivity index (χ0v) is 11.6. The second kappa shape index (κ2) is 6.19. The van der Waals surface area contributed by atoms with Gasteiger partial charge in [-0.2, -0.15) is 0 Å². The van der Waals surface area contributed by atoms with Crippen LogP contribution >= 0.6 is 0 Å². The summed E-state index contributed by atoms with van der Waals surface area (Å²) in [6.07, 6.45) is 8.42. The Balaban J connectivity index is 2.16. The molecule has 0 amide bonds. The number of aromatic nitrogens is 1. The quantitative estimate of drug-likeness (QED) is 0.891. The molecule has 3 nitrogen and oxygen atoms in total. The van der Waals surface area contributed by atoms with Gasteiger partial charge in [-0.25, -0.2) is 4.98 Å². The normalized spacial score (nSPS) is 22.6. The zero-order valence-electron chi connectivity index (χ0n) is 11.6. The molecule has 2 N–H and O–H groups in total. The first kappa shape index (κ1) is 13.3. The van der Waals surface area contributed by atoms with E-state index in [9.17, 15) is 0 Å². The topological polar surface area (TPSA) is 42.1 Å². The molecule has 0 radical (unpaired) electrons. The van der Waals surface area contributed by atoms with Crippen LogP contribution in [0.2, 0.25) is 0 Å². The van der Waals surface area contributed by atoms with Crippen LogP contribution in [0.1, 0.15) is 57.6 Å². The number of nitrogens with two attached hydrogens (primary N) is 1. The Morgan fingerprint density at radius 1 is 1.39 bits per heavy atom. The molecule has 1 aromatic heterocycles. The van der Waals surface area contributed by atoms with Gasteiger partial charge in [0.2, 0.25) is 0 Å². The lowest BCUT2D eigenvalue weighted by molar-refractivity contribution is 0.552. The molecule has 2 heterocycles. The summed E-state index contributed by atoms with van der Waals surface area (Å²) in [6, 6.07) is 4.97. The van der Waals surface area contributed by atoms with Crippen molar-refractivity contribution in [2.24, 2.45) is 5.73 Å². The van der Waals surface area contributed by atoms with Crippen LogP contribution in [0.15, 0.2) is 18.3 Å². The Morgan fingerprint density at radius 3 is 2.83 bits per heavy atom. The fourth-order valence-electron chi connectivity index (χ4n) is 2.74. The maximum absolute atomic E-state index is 5.87. The highest BCUT2D eigenvalue weighted by molar-refractivity contribution is 5.41. The fourth-order valence-corrected chi connectivity index (χ4v) is 2.74. The highest BCUT2D eigenvalue weighted by Crippen LogP contribution is 2.24. The van der Waals surface area contributed by atoms with Gasteiger partial charge in [-0.1, -0.05) is 25.8 Å². The molecule has 0 aromatic carbocycles. The molecule has 0 aliphatic carbocycles. The number of nitrogens with zero attached hydrogens (tertiary/aromatic N) is 2. The van der Waals surface area contributed by atoms with Crippen LogP contribution < -0.4 is 10.6 Å². The number of rotatable bonds is 3. The molecule has 1 saturated heterocycles. The summed E-state index contributed by atoms with van der Waals surface area (Å²) in [5.41, 5.74) is 6.98. The maximum Gasteiger partial charge on any atom is 0.128 e. The Morgan fingerprint density at radius 2 is 2.22 bits per heavy atom. The third-order valence-electron chi connectivity index (χ3n) is 3.94. The molecule has 18 heavy (non-hydrogen) atoms. The summed E-state index contributed by atoms with van der Waals surface area (Å²) in [5.74, 6) is 1.12. The standard InChI is InChI=1S/C15H25N3/c1-3-14-7-5-4-6-10-18(14)15-9-8-13(11-17-15)12(2)16/h8-9,11-12,14H,3-7,10,16H2,1-2H3/t12-,14?/m1/s1. The van der Waals surface area contributed by atoms with Crippen molar-refractivity contribution in [1.82, 2.24) is 4.98 Å². The van der Waals surface area contributed by atoms with Gasteiger partial charge in [0, 0.05) is 24.8 Å². The third-order valence-corrected chi connectivity index (χ3v) is 3.94. The van der Waals surface area contributed by atoms with Gasteiger partial charge in [0.15, 0.2) is 0 Å². The predicted molar refractivity (Wildman–Crippen MR) is 76.7 cm³/mol. The predicted octanol–water partition coefficient (Wildman–Crippen LogP) is 3.26. The molecule has 1 unspecified atom stereocenters. The minimum absolute atomic E-state index is 0.0673. The summed E-state index contributed by atoms with van der Waals surface area (Å²) < 4.78 is 0. The molecule has 2 rings (SSSR count). The van der Waals surface area contributed by atoms with Crippen LogP contribution in [0.3, 0.4) is 0 Å². The van der Waals surface area contributed by atoms with Crippen molar-refractivity contribution in [2.45, 2.75) is 58.0 Å². The van der Waals surface area contributed by atoms with Crippen LogP contribution in [0.5, 0.6) is 0 Å². The van der Waals surface area contributed by atoms with Crippen molar-refractivity contribution in [3.63, 3.8) is 0 Å². The van der Waals surface area contributed by atoms with Gasteiger partial charge in [-0.3, -0.25) is 0 Å². The summed E-state index contributed by atoms with van der Waals surface area (Å²) >= 11 is 0. The lowest BCUT2D eigenvalue weighted by Gasteiger charge is -2.30. The largest absolute Gasteiger partial charge is 0.354 e. The Labute approximate surface area is 110 Å². The summed E-state index contributed by atoms with van der Waals surface area (Å²) in [4.78, 5) is 7.09. The van der Waals surface area contributed by atoms with E-state index in [0.29, 0.717) is 6.04 Å². The molecular formula is C15H25N3. The molecule has 3 heteroatoms. The van der Waals surface area contributed by atoms with Crippen LogP contribution in [-0.2, 0) is 0 Å². The average molecular weight is 247 g/mol.